The Morgan fingerprint density at radius 3 is 1.56 bits per heavy atom. The molecule has 0 amide bonds. The number of hydrogen-bond donors (Lipinski definition) is 0. The summed E-state index contributed by atoms with van der Waals surface area (Å²) in [5.41, 5.74) is 0. The van der Waals surface area contributed by atoms with E-state index in [2.05, 4.69) is 50.1 Å². The van der Waals surface area contributed by atoms with Crippen LogP contribution in [0.3, 0.4) is 0 Å². The van der Waals surface area contributed by atoms with Gasteiger partial charge in [0.1, 0.15) is 16.5 Å². The van der Waals surface area contributed by atoms with E-state index in [1.54, 1.807) is 7.11 Å². The highest BCUT2D eigenvalue weighted by molar-refractivity contribution is 7.16. The zero-order valence-electron chi connectivity index (χ0n) is 12.1. The predicted octanol–water partition coefficient (Wildman–Crippen LogP) is 3.92. The van der Waals surface area contributed by atoms with Gasteiger partial charge in [-0.2, -0.15) is 0 Å². The van der Waals surface area contributed by atoms with Crippen LogP contribution < -0.4 is 0 Å². The molecule has 0 N–H and O–H groups in total. The Morgan fingerprint density at radius 2 is 1.31 bits per heavy atom. The molecule has 0 saturated heterocycles. The second-order valence-electron chi connectivity index (χ2n) is 6.55. The van der Waals surface area contributed by atoms with Gasteiger partial charge in [0.15, 0.2) is 0 Å². The zero-order chi connectivity index (χ0) is 13.2. The van der Waals surface area contributed by atoms with Gasteiger partial charge in [0, 0.05) is 7.11 Å². The van der Waals surface area contributed by atoms with Crippen molar-refractivity contribution in [3.05, 3.63) is 0 Å². The second kappa shape index (κ2) is 5.67. The molecular weight excluding hydrogens is 270 g/mol. The van der Waals surface area contributed by atoms with Gasteiger partial charge in [-0.3, -0.25) is 0 Å². The third kappa shape index (κ3) is 5.97. The minimum atomic E-state index is -1.92. The van der Waals surface area contributed by atoms with Gasteiger partial charge in [-0.1, -0.05) is 39.3 Å². The molecule has 0 saturated carbocycles. The van der Waals surface area contributed by atoms with E-state index in [9.17, 15) is 0 Å². The van der Waals surface area contributed by atoms with Crippen molar-refractivity contribution in [2.75, 3.05) is 13.7 Å². The Balaban J connectivity index is 4.61. The average Bonchev–Trinajstić information content (AvgIpc) is 1.99. The smallest absolute Gasteiger partial charge is 0.287 e. The molecule has 0 aromatic carbocycles. The van der Waals surface area contributed by atoms with E-state index in [1.807, 2.05) is 0 Å². The van der Waals surface area contributed by atoms with Crippen LogP contribution in [-0.2, 0) is 4.43 Å². The number of nitrogens with zero attached hydrogens (tertiary/aromatic N) is 1. The molecule has 0 aliphatic heterocycles. The maximum Gasteiger partial charge on any atom is 0.287 e. The summed E-state index contributed by atoms with van der Waals surface area (Å²) in [5.74, 6) is 0. The Labute approximate surface area is 109 Å². The topological polar surface area (TPSA) is 12.5 Å². The lowest BCUT2D eigenvalue weighted by atomic mass is 10.8. The van der Waals surface area contributed by atoms with E-state index < -0.39 is 24.1 Å². The molecule has 6 heteroatoms. The van der Waals surface area contributed by atoms with Crippen molar-refractivity contribution in [3.8, 4) is 0 Å². The number of halogens is 1. The first-order chi connectivity index (χ1) is 6.90. The van der Waals surface area contributed by atoms with Crippen molar-refractivity contribution in [3.63, 3.8) is 0 Å². The van der Waals surface area contributed by atoms with Gasteiger partial charge in [-0.25, -0.2) is 0 Å². The van der Waals surface area contributed by atoms with Crippen molar-refractivity contribution in [2.45, 2.75) is 51.9 Å². The highest BCUT2D eigenvalue weighted by Crippen LogP contribution is 2.23. The third-order valence-corrected chi connectivity index (χ3v) is 13.5. The minimum absolute atomic E-state index is 1.03. The summed E-state index contributed by atoms with van der Waals surface area (Å²) in [4.78, 5) is 0. The van der Waals surface area contributed by atoms with Gasteiger partial charge in [-0.05, 0) is 19.1 Å². The second-order valence-corrected chi connectivity index (χ2v) is 22.3. The van der Waals surface area contributed by atoms with Crippen LogP contribution in [-0.4, -0.2) is 42.0 Å². The molecule has 0 radical (unpaired) electrons. The van der Waals surface area contributed by atoms with Crippen molar-refractivity contribution >= 4 is 35.2 Å². The number of rotatable bonds is 6. The maximum absolute atomic E-state index is 6.39. The Hall–Kier alpha value is 0.861. The summed E-state index contributed by atoms with van der Waals surface area (Å²) < 4.78 is 8.19. The van der Waals surface area contributed by atoms with Gasteiger partial charge in [0.2, 0.25) is 0 Å². The van der Waals surface area contributed by atoms with Gasteiger partial charge < -0.3 is 8.66 Å². The Bertz CT molecular complexity index is 209. The summed E-state index contributed by atoms with van der Waals surface area (Å²) in [6, 6.07) is 1.03. The summed E-state index contributed by atoms with van der Waals surface area (Å²) in [7, 11) is -2.64. The fraction of sp³-hybridized carbons (Fsp3) is 1.00. The lowest BCUT2D eigenvalue weighted by molar-refractivity contribution is 0.412. The molecule has 0 aliphatic rings. The fourth-order valence-corrected chi connectivity index (χ4v) is 13.2. The molecule has 1 unspecified atom stereocenters. The molecule has 0 rings (SSSR count). The first-order valence-electron chi connectivity index (χ1n) is 5.92. The van der Waals surface area contributed by atoms with Crippen LogP contribution in [0, 0.1) is 0 Å². The average molecular weight is 298 g/mol. The molecule has 16 heavy (non-hydrogen) atoms. The van der Waals surface area contributed by atoms with Gasteiger partial charge in [-0.15, -0.1) is 11.1 Å². The van der Waals surface area contributed by atoms with Crippen LogP contribution in [0.2, 0.25) is 51.9 Å². The van der Waals surface area contributed by atoms with E-state index in [0.717, 1.165) is 12.6 Å². The highest BCUT2D eigenvalue weighted by Gasteiger charge is 2.36. The van der Waals surface area contributed by atoms with Crippen molar-refractivity contribution in [1.29, 1.82) is 0 Å². The van der Waals surface area contributed by atoms with Crippen LogP contribution in [0.1, 0.15) is 0 Å². The summed E-state index contributed by atoms with van der Waals surface area (Å²) in [6.07, 6.45) is 0. The van der Waals surface area contributed by atoms with Crippen molar-refractivity contribution in [2.24, 2.45) is 0 Å². The van der Waals surface area contributed by atoms with E-state index >= 15 is 0 Å². The SMILES string of the molecule is CO[Si](C)(Cl)CCN([Si](C)(C)C)[Si](C)(C)C. The molecule has 98 valence electrons. The fourth-order valence-electron chi connectivity index (χ4n) is 2.09. The predicted molar refractivity (Wildman–Crippen MR) is 82.7 cm³/mol. The summed E-state index contributed by atoms with van der Waals surface area (Å²) in [6.45, 7) is 17.7. The highest BCUT2D eigenvalue weighted by atomic mass is 35.6. The molecule has 1 atom stereocenters. The summed E-state index contributed by atoms with van der Waals surface area (Å²) >= 11 is 6.39. The van der Waals surface area contributed by atoms with Crippen LogP contribution in [0.4, 0.5) is 0 Å². The first kappa shape index (κ1) is 16.9. The lowest BCUT2D eigenvalue weighted by Crippen LogP contribution is -2.60. The summed E-state index contributed by atoms with van der Waals surface area (Å²) in [5, 5.41) is 0. The Morgan fingerprint density at radius 1 is 0.938 bits per heavy atom. The van der Waals surface area contributed by atoms with E-state index in [0.29, 0.717) is 0 Å². The normalized spacial score (nSPS) is 17.6. The van der Waals surface area contributed by atoms with Crippen molar-refractivity contribution < 1.29 is 4.43 Å². The van der Waals surface area contributed by atoms with E-state index in [4.69, 9.17) is 15.5 Å². The monoisotopic (exact) mass is 297 g/mol. The lowest BCUT2D eigenvalue weighted by Gasteiger charge is -2.44. The largest absolute Gasteiger partial charge is 0.407 e. The number of hydrogen-bond acceptors (Lipinski definition) is 2. The van der Waals surface area contributed by atoms with Crippen molar-refractivity contribution in [1.82, 2.24) is 4.23 Å². The van der Waals surface area contributed by atoms with Crippen LogP contribution >= 0.6 is 11.1 Å². The van der Waals surface area contributed by atoms with Crippen LogP contribution in [0.15, 0.2) is 0 Å². The van der Waals surface area contributed by atoms with Gasteiger partial charge in [0.05, 0.1) is 0 Å². The molecule has 0 heterocycles. The van der Waals surface area contributed by atoms with Crippen LogP contribution in [0.5, 0.6) is 0 Å². The Kier molecular flexibility index (Phi) is 5.97. The van der Waals surface area contributed by atoms with E-state index in [-0.39, 0.29) is 0 Å². The molecule has 0 bridgehead atoms. The minimum Gasteiger partial charge on any atom is -0.407 e. The van der Waals surface area contributed by atoms with Gasteiger partial charge in [0.25, 0.3) is 7.63 Å². The van der Waals surface area contributed by atoms with Crippen LogP contribution in [0.25, 0.3) is 0 Å². The molecule has 2 nitrogen and oxygen atoms in total. The van der Waals surface area contributed by atoms with Gasteiger partial charge >= 0.3 is 0 Å². The molecular formula is C10H28ClNOSi3. The zero-order valence-corrected chi connectivity index (χ0v) is 15.9. The molecule has 0 aliphatic carbocycles. The quantitative estimate of drug-likeness (QED) is 0.544. The maximum atomic E-state index is 6.39. The molecule has 0 fully saturated rings. The third-order valence-electron chi connectivity index (χ3n) is 2.83. The standard InChI is InChI=1S/C10H28ClNOSi3/c1-13-16(8,11)10-9-12(14(2,3)4)15(5,6)7/h9-10H2,1-8H3. The molecule has 0 aromatic rings. The molecule has 0 aromatic heterocycles. The molecule has 0 spiro atoms. The van der Waals surface area contributed by atoms with E-state index in [1.165, 1.54) is 0 Å². The first-order valence-corrected chi connectivity index (χ1v) is 16.4.